The minimum absolute atomic E-state index is 0.0191. The highest BCUT2D eigenvalue weighted by Crippen LogP contribution is 2.20. The van der Waals surface area contributed by atoms with E-state index in [4.69, 9.17) is 5.84 Å². The average Bonchev–Trinajstić information content (AvgIpc) is 2.27. The molecule has 1 unspecified atom stereocenters. The van der Waals surface area contributed by atoms with E-state index >= 15 is 0 Å². The van der Waals surface area contributed by atoms with Gasteiger partial charge in [0.25, 0.3) is 0 Å². The van der Waals surface area contributed by atoms with Gasteiger partial charge in [0.15, 0.2) is 0 Å². The average molecular weight is 239 g/mol. The van der Waals surface area contributed by atoms with Crippen molar-refractivity contribution in [1.82, 2.24) is 10.3 Å². The fourth-order valence-corrected chi connectivity index (χ4v) is 1.71. The molecule has 0 aliphatic carbocycles. The zero-order valence-electron chi connectivity index (χ0n) is 11.0. The molecule has 0 fully saturated rings. The summed E-state index contributed by atoms with van der Waals surface area (Å²) in [7, 11) is 3.98. The minimum atomic E-state index is -0.178. The fraction of sp³-hybridized carbons (Fsp3) is 0.538. The van der Waals surface area contributed by atoms with E-state index < -0.39 is 0 Å². The van der Waals surface area contributed by atoms with E-state index in [1.165, 1.54) is 6.07 Å². The molecule has 1 aromatic rings. The molecule has 3 N–H and O–H groups in total. The van der Waals surface area contributed by atoms with Crippen LogP contribution in [-0.2, 0) is 6.42 Å². The van der Waals surface area contributed by atoms with Gasteiger partial charge in [-0.15, -0.1) is 0 Å². The van der Waals surface area contributed by atoms with E-state index in [-0.39, 0.29) is 17.4 Å². The third-order valence-electron chi connectivity index (χ3n) is 3.59. The third-order valence-corrected chi connectivity index (χ3v) is 3.59. The van der Waals surface area contributed by atoms with E-state index in [9.17, 15) is 4.39 Å². The summed E-state index contributed by atoms with van der Waals surface area (Å²) in [6, 6.07) is 6.79. The highest BCUT2D eigenvalue weighted by Gasteiger charge is 2.31. The van der Waals surface area contributed by atoms with Gasteiger partial charge in [0, 0.05) is 11.6 Å². The number of hydrogen-bond acceptors (Lipinski definition) is 3. The van der Waals surface area contributed by atoms with Crippen LogP contribution in [0, 0.1) is 5.82 Å². The number of nitrogens with zero attached hydrogens (tertiary/aromatic N) is 1. The van der Waals surface area contributed by atoms with Crippen LogP contribution in [0.4, 0.5) is 4.39 Å². The van der Waals surface area contributed by atoms with Crippen LogP contribution in [0.2, 0.25) is 0 Å². The number of rotatable bonds is 5. The molecule has 0 saturated heterocycles. The van der Waals surface area contributed by atoms with Crippen molar-refractivity contribution in [2.24, 2.45) is 5.84 Å². The Morgan fingerprint density at radius 2 is 1.94 bits per heavy atom. The van der Waals surface area contributed by atoms with Crippen molar-refractivity contribution in [1.29, 1.82) is 0 Å². The number of nitrogens with two attached hydrogens (primary N) is 1. The van der Waals surface area contributed by atoms with Gasteiger partial charge in [-0.05, 0) is 46.0 Å². The first-order valence-electron chi connectivity index (χ1n) is 5.76. The lowest BCUT2D eigenvalue weighted by Crippen LogP contribution is -2.58. The van der Waals surface area contributed by atoms with Crippen LogP contribution < -0.4 is 11.3 Å². The normalized spacial score (nSPS) is 14.1. The van der Waals surface area contributed by atoms with E-state index in [0.29, 0.717) is 12.0 Å². The second-order valence-electron chi connectivity index (χ2n) is 5.06. The van der Waals surface area contributed by atoms with Crippen LogP contribution in [0.5, 0.6) is 0 Å². The molecular formula is C13H22FN3. The Balaban J connectivity index is 2.88. The monoisotopic (exact) mass is 239 g/mol. The smallest absolute Gasteiger partial charge is 0.126 e. The summed E-state index contributed by atoms with van der Waals surface area (Å²) in [4.78, 5) is 2.08. The summed E-state index contributed by atoms with van der Waals surface area (Å²) in [5.74, 6) is 5.42. The Labute approximate surface area is 103 Å². The van der Waals surface area contributed by atoms with Gasteiger partial charge < -0.3 is 4.90 Å². The number of hydrazine groups is 1. The van der Waals surface area contributed by atoms with E-state index in [1.807, 2.05) is 20.2 Å². The first kappa shape index (κ1) is 14.1. The Hall–Kier alpha value is -0.970. The second-order valence-corrected chi connectivity index (χ2v) is 5.06. The number of benzene rings is 1. The van der Waals surface area contributed by atoms with Crippen molar-refractivity contribution < 1.29 is 4.39 Å². The molecule has 0 radical (unpaired) electrons. The number of nitrogens with one attached hydrogen (secondary N) is 1. The topological polar surface area (TPSA) is 41.3 Å². The summed E-state index contributed by atoms with van der Waals surface area (Å²) in [5.41, 5.74) is 3.32. The first-order valence-corrected chi connectivity index (χ1v) is 5.76. The molecule has 0 heterocycles. The molecule has 0 aliphatic heterocycles. The van der Waals surface area contributed by atoms with Gasteiger partial charge in [-0.3, -0.25) is 11.3 Å². The zero-order valence-corrected chi connectivity index (χ0v) is 11.0. The van der Waals surface area contributed by atoms with E-state index in [1.54, 1.807) is 12.1 Å². The molecule has 0 bridgehead atoms. The molecular weight excluding hydrogens is 217 g/mol. The molecule has 0 amide bonds. The molecule has 0 spiro atoms. The predicted molar refractivity (Wildman–Crippen MR) is 69.0 cm³/mol. The number of hydrogen-bond donors (Lipinski definition) is 2. The molecule has 4 heteroatoms. The summed E-state index contributed by atoms with van der Waals surface area (Å²) in [6.07, 6.45) is 0.564. The summed E-state index contributed by atoms with van der Waals surface area (Å²) < 4.78 is 13.6. The number of likely N-dealkylation sites (N-methyl/N-ethyl adjacent to an activating group) is 1. The van der Waals surface area contributed by atoms with Crippen LogP contribution in [0.25, 0.3) is 0 Å². The van der Waals surface area contributed by atoms with Gasteiger partial charge >= 0.3 is 0 Å². The Morgan fingerprint density at radius 1 is 1.35 bits per heavy atom. The molecule has 0 saturated carbocycles. The lowest BCUT2D eigenvalue weighted by atomic mass is 9.88. The van der Waals surface area contributed by atoms with Crippen LogP contribution in [0.3, 0.4) is 0 Å². The van der Waals surface area contributed by atoms with Crippen molar-refractivity contribution in [2.75, 3.05) is 14.1 Å². The van der Waals surface area contributed by atoms with Crippen molar-refractivity contribution in [3.8, 4) is 0 Å². The Bertz CT molecular complexity index is 363. The van der Waals surface area contributed by atoms with Gasteiger partial charge in [-0.25, -0.2) is 4.39 Å². The molecule has 1 aromatic carbocycles. The van der Waals surface area contributed by atoms with Crippen LogP contribution in [-0.4, -0.2) is 30.6 Å². The van der Waals surface area contributed by atoms with Gasteiger partial charge in [0.2, 0.25) is 0 Å². The second kappa shape index (κ2) is 5.58. The fourth-order valence-electron chi connectivity index (χ4n) is 1.71. The van der Waals surface area contributed by atoms with Gasteiger partial charge in [0.05, 0.1) is 0 Å². The maximum Gasteiger partial charge on any atom is 0.126 e. The molecule has 1 atom stereocenters. The lowest BCUT2D eigenvalue weighted by molar-refractivity contribution is 0.137. The maximum absolute atomic E-state index is 13.6. The summed E-state index contributed by atoms with van der Waals surface area (Å²) in [5, 5.41) is 0. The SMILES string of the molecule is CN(C)C(C)(C)C(Cc1ccccc1F)NN. The van der Waals surface area contributed by atoms with Crippen molar-refractivity contribution in [3.63, 3.8) is 0 Å². The predicted octanol–water partition coefficient (Wildman–Crippen LogP) is 1.54. The molecule has 3 nitrogen and oxygen atoms in total. The minimum Gasteiger partial charge on any atom is -0.303 e. The van der Waals surface area contributed by atoms with Gasteiger partial charge in [-0.2, -0.15) is 0 Å². The molecule has 0 aliphatic rings. The largest absolute Gasteiger partial charge is 0.303 e. The van der Waals surface area contributed by atoms with E-state index in [2.05, 4.69) is 24.2 Å². The maximum atomic E-state index is 13.6. The Kier molecular flexibility index (Phi) is 4.62. The Morgan fingerprint density at radius 3 is 2.41 bits per heavy atom. The first-order chi connectivity index (χ1) is 7.89. The van der Waals surface area contributed by atoms with Crippen LogP contribution in [0.15, 0.2) is 24.3 Å². The molecule has 17 heavy (non-hydrogen) atoms. The quantitative estimate of drug-likeness (QED) is 0.605. The summed E-state index contributed by atoms with van der Waals surface area (Å²) >= 11 is 0. The van der Waals surface area contributed by atoms with Crippen LogP contribution in [0.1, 0.15) is 19.4 Å². The summed E-state index contributed by atoms with van der Waals surface area (Å²) in [6.45, 7) is 4.16. The number of halogens is 1. The standard InChI is InChI=1S/C13H22FN3/c1-13(2,17(3)4)12(16-15)9-10-7-5-6-8-11(10)14/h5-8,12,16H,9,15H2,1-4H3. The van der Waals surface area contributed by atoms with Crippen LogP contribution >= 0.6 is 0 Å². The van der Waals surface area contributed by atoms with Crippen molar-refractivity contribution in [2.45, 2.75) is 31.8 Å². The van der Waals surface area contributed by atoms with Crippen molar-refractivity contribution >= 4 is 0 Å². The lowest BCUT2D eigenvalue weighted by Gasteiger charge is -2.40. The van der Waals surface area contributed by atoms with E-state index in [0.717, 1.165) is 0 Å². The molecule has 0 aromatic heterocycles. The third kappa shape index (κ3) is 3.25. The van der Waals surface area contributed by atoms with Gasteiger partial charge in [0.1, 0.15) is 5.82 Å². The highest BCUT2D eigenvalue weighted by atomic mass is 19.1. The zero-order chi connectivity index (χ0) is 13.1. The van der Waals surface area contributed by atoms with Gasteiger partial charge in [-0.1, -0.05) is 18.2 Å². The van der Waals surface area contributed by atoms with Crippen molar-refractivity contribution in [3.05, 3.63) is 35.6 Å². The molecule has 1 rings (SSSR count). The highest BCUT2D eigenvalue weighted by molar-refractivity contribution is 5.19. The molecule has 96 valence electrons.